The van der Waals surface area contributed by atoms with Gasteiger partial charge < -0.3 is 14.8 Å². The second-order valence-corrected chi connectivity index (χ2v) is 8.00. The Bertz CT molecular complexity index is 1310. The second kappa shape index (κ2) is 9.67. The maximum atomic E-state index is 13.3. The molecule has 0 radical (unpaired) electrons. The number of hydrogen-bond acceptors (Lipinski definition) is 6. The highest BCUT2D eigenvalue weighted by molar-refractivity contribution is 6.01. The lowest BCUT2D eigenvalue weighted by Gasteiger charge is -2.12. The van der Waals surface area contributed by atoms with Gasteiger partial charge in [0.25, 0.3) is 11.5 Å². The van der Waals surface area contributed by atoms with Crippen molar-refractivity contribution in [2.45, 2.75) is 32.8 Å². The summed E-state index contributed by atoms with van der Waals surface area (Å²) in [7, 11) is 0. The van der Waals surface area contributed by atoms with Crippen LogP contribution in [0.1, 0.15) is 29.5 Å². The summed E-state index contributed by atoms with van der Waals surface area (Å²) < 4.78 is 12.8. The summed E-state index contributed by atoms with van der Waals surface area (Å²) in [6.45, 7) is 4.85. The Hall–Kier alpha value is -3.96. The minimum Gasteiger partial charge on any atom is -0.438 e. The molecule has 1 aromatic carbocycles. The number of nitrogens with zero attached hydrogens (tertiary/aromatic N) is 3. The molecule has 3 aromatic rings. The van der Waals surface area contributed by atoms with Crippen LogP contribution < -0.4 is 15.6 Å². The molecular formula is C25H24N4O4. The molecule has 1 amide bonds. The number of aryl methyl sites for hydroxylation is 2. The number of carbonyl (C=O) groups is 1. The molecule has 0 unspecified atom stereocenters. The summed E-state index contributed by atoms with van der Waals surface area (Å²) in [4.78, 5) is 30.4. The molecule has 168 valence electrons. The number of aromatic nitrogens is 2. The fourth-order valence-corrected chi connectivity index (χ4v) is 3.79. The van der Waals surface area contributed by atoms with E-state index in [4.69, 9.17) is 9.47 Å². The quantitative estimate of drug-likeness (QED) is 0.462. The predicted octanol–water partition coefficient (Wildman–Crippen LogP) is 3.31. The molecule has 33 heavy (non-hydrogen) atoms. The van der Waals surface area contributed by atoms with E-state index < -0.39 is 11.5 Å². The SMILES string of the molecule is Cc1cc(C)cc(Oc2nc3ccccn3c(=O)c2/C=C(\C#N)C(=O)NC[C@@H]2CCCO2)c1. The van der Waals surface area contributed by atoms with Crippen molar-refractivity contribution in [3.8, 4) is 17.7 Å². The monoisotopic (exact) mass is 444 g/mol. The number of carbonyl (C=O) groups excluding carboxylic acids is 1. The first-order valence-electron chi connectivity index (χ1n) is 10.7. The average Bonchev–Trinajstić information content (AvgIpc) is 3.30. The highest BCUT2D eigenvalue weighted by atomic mass is 16.5. The standard InChI is InChI=1S/C25H24N4O4/c1-16-10-17(2)12-20(11-16)33-24-21(25(31)29-8-4-3-7-22(29)28-24)13-18(14-26)23(30)27-15-19-6-5-9-32-19/h3-4,7-8,10-13,19H,5-6,9,15H2,1-2H3,(H,27,30)/b18-13+/t19-/m0/s1. The van der Waals surface area contributed by atoms with Crippen molar-refractivity contribution >= 4 is 17.6 Å². The van der Waals surface area contributed by atoms with Crippen molar-refractivity contribution in [2.24, 2.45) is 0 Å². The van der Waals surface area contributed by atoms with Crippen LogP contribution in [0, 0.1) is 25.2 Å². The molecule has 0 saturated carbocycles. The fraction of sp³-hybridized carbons (Fsp3) is 0.280. The first-order chi connectivity index (χ1) is 15.9. The van der Waals surface area contributed by atoms with Crippen LogP contribution in [0.4, 0.5) is 0 Å². The molecule has 1 saturated heterocycles. The largest absolute Gasteiger partial charge is 0.438 e. The number of hydrogen-bond donors (Lipinski definition) is 1. The van der Waals surface area contributed by atoms with Crippen LogP contribution in [0.25, 0.3) is 11.7 Å². The number of ether oxygens (including phenoxy) is 2. The third-order valence-electron chi connectivity index (χ3n) is 5.31. The minimum atomic E-state index is -0.581. The Morgan fingerprint density at radius 1 is 1.33 bits per heavy atom. The van der Waals surface area contributed by atoms with Gasteiger partial charge in [0, 0.05) is 19.3 Å². The maximum Gasteiger partial charge on any atom is 0.269 e. The van der Waals surface area contributed by atoms with Gasteiger partial charge in [-0.25, -0.2) is 0 Å². The van der Waals surface area contributed by atoms with Crippen LogP contribution >= 0.6 is 0 Å². The predicted molar refractivity (Wildman–Crippen MR) is 123 cm³/mol. The fourth-order valence-electron chi connectivity index (χ4n) is 3.79. The van der Waals surface area contributed by atoms with Gasteiger partial charge in [0.15, 0.2) is 0 Å². The molecule has 0 spiro atoms. The molecule has 2 aromatic heterocycles. The molecule has 0 bridgehead atoms. The van der Waals surface area contributed by atoms with Crippen LogP contribution in [0.15, 0.2) is 53.0 Å². The van der Waals surface area contributed by atoms with Crippen molar-refractivity contribution in [1.82, 2.24) is 14.7 Å². The van der Waals surface area contributed by atoms with Crippen molar-refractivity contribution in [2.75, 3.05) is 13.2 Å². The number of benzene rings is 1. The Kier molecular flexibility index (Phi) is 6.52. The molecule has 0 aliphatic carbocycles. The van der Waals surface area contributed by atoms with Crippen molar-refractivity contribution in [3.63, 3.8) is 0 Å². The third kappa shape index (κ3) is 5.10. The Morgan fingerprint density at radius 3 is 2.82 bits per heavy atom. The smallest absolute Gasteiger partial charge is 0.269 e. The number of fused-ring (bicyclic) bond motifs is 1. The molecule has 1 fully saturated rings. The molecule has 8 heteroatoms. The van der Waals surface area contributed by atoms with E-state index in [0.717, 1.165) is 24.0 Å². The average molecular weight is 444 g/mol. The van der Waals surface area contributed by atoms with Gasteiger partial charge in [-0.2, -0.15) is 10.2 Å². The zero-order chi connectivity index (χ0) is 23.4. The number of nitriles is 1. The lowest BCUT2D eigenvalue weighted by Crippen LogP contribution is -2.32. The lowest BCUT2D eigenvalue weighted by atomic mass is 10.1. The highest BCUT2D eigenvalue weighted by Gasteiger charge is 2.20. The van der Waals surface area contributed by atoms with Gasteiger partial charge in [0.1, 0.15) is 28.6 Å². The number of nitrogens with one attached hydrogen (secondary N) is 1. The van der Waals surface area contributed by atoms with Crippen LogP contribution in [0.5, 0.6) is 11.6 Å². The lowest BCUT2D eigenvalue weighted by molar-refractivity contribution is -0.117. The van der Waals surface area contributed by atoms with Crippen LogP contribution in [-0.2, 0) is 9.53 Å². The van der Waals surface area contributed by atoms with Crippen molar-refractivity contribution in [3.05, 3.63) is 75.2 Å². The van der Waals surface area contributed by atoms with Gasteiger partial charge in [-0.3, -0.25) is 14.0 Å². The van der Waals surface area contributed by atoms with Gasteiger partial charge >= 0.3 is 0 Å². The molecule has 1 aliphatic heterocycles. The Labute approximate surface area is 191 Å². The summed E-state index contributed by atoms with van der Waals surface area (Å²) in [5.41, 5.74) is 1.73. The first-order valence-corrected chi connectivity index (χ1v) is 10.7. The minimum absolute atomic E-state index is 0.0154. The topological polar surface area (TPSA) is 106 Å². The first kappa shape index (κ1) is 22.2. The summed E-state index contributed by atoms with van der Waals surface area (Å²) in [6.07, 6.45) is 4.55. The second-order valence-electron chi connectivity index (χ2n) is 8.00. The van der Waals surface area contributed by atoms with E-state index in [0.29, 0.717) is 24.5 Å². The van der Waals surface area contributed by atoms with E-state index in [1.807, 2.05) is 38.1 Å². The van der Waals surface area contributed by atoms with E-state index in [1.165, 1.54) is 10.5 Å². The number of rotatable bonds is 6. The van der Waals surface area contributed by atoms with Crippen molar-refractivity contribution < 1.29 is 14.3 Å². The van der Waals surface area contributed by atoms with E-state index in [-0.39, 0.29) is 23.1 Å². The van der Waals surface area contributed by atoms with E-state index >= 15 is 0 Å². The number of amides is 1. The molecular weight excluding hydrogens is 420 g/mol. The van der Waals surface area contributed by atoms with Crippen LogP contribution in [0.3, 0.4) is 0 Å². The van der Waals surface area contributed by atoms with Crippen LogP contribution in [-0.4, -0.2) is 34.5 Å². The summed E-state index contributed by atoms with van der Waals surface area (Å²) >= 11 is 0. The number of pyridine rings is 1. The molecule has 1 aliphatic rings. The normalized spacial score (nSPS) is 15.9. The van der Waals surface area contributed by atoms with Crippen LogP contribution in [0.2, 0.25) is 0 Å². The maximum absolute atomic E-state index is 13.3. The Morgan fingerprint density at radius 2 is 2.12 bits per heavy atom. The zero-order valence-corrected chi connectivity index (χ0v) is 18.5. The van der Waals surface area contributed by atoms with Gasteiger partial charge in [-0.15, -0.1) is 0 Å². The van der Waals surface area contributed by atoms with Gasteiger partial charge in [0.05, 0.1) is 6.10 Å². The van der Waals surface area contributed by atoms with Gasteiger partial charge in [-0.05, 0) is 68.2 Å². The van der Waals surface area contributed by atoms with Gasteiger partial charge in [0.2, 0.25) is 5.88 Å². The summed E-state index contributed by atoms with van der Waals surface area (Å²) in [5, 5.41) is 12.3. The summed E-state index contributed by atoms with van der Waals surface area (Å²) in [5.74, 6) is -0.0468. The van der Waals surface area contributed by atoms with E-state index in [9.17, 15) is 14.9 Å². The highest BCUT2D eigenvalue weighted by Crippen LogP contribution is 2.26. The van der Waals surface area contributed by atoms with E-state index in [1.54, 1.807) is 24.4 Å². The Balaban J connectivity index is 1.74. The van der Waals surface area contributed by atoms with E-state index in [2.05, 4.69) is 10.3 Å². The molecule has 3 heterocycles. The van der Waals surface area contributed by atoms with Crippen molar-refractivity contribution in [1.29, 1.82) is 5.26 Å². The zero-order valence-electron chi connectivity index (χ0n) is 18.5. The molecule has 1 N–H and O–H groups in total. The molecule has 4 rings (SSSR count). The third-order valence-corrected chi connectivity index (χ3v) is 5.31. The molecule has 8 nitrogen and oxygen atoms in total. The van der Waals surface area contributed by atoms with Gasteiger partial charge in [-0.1, -0.05) is 12.1 Å². The summed E-state index contributed by atoms with van der Waals surface area (Å²) in [6, 6.07) is 12.7. The molecule has 1 atom stereocenters.